The van der Waals surface area contributed by atoms with Gasteiger partial charge in [-0.05, 0) is 63.2 Å². The van der Waals surface area contributed by atoms with E-state index in [2.05, 4.69) is 34.6 Å². The van der Waals surface area contributed by atoms with Crippen molar-refractivity contribution >= 4 is 42.6 Å². The van der Waals surface area contributed by atoms with Crippen molar-refractivity contribution in [3.63, 3.8) is 0 Å². The molecule has 0 bridgehead atoms. The quantitative estimate of drug-likeness (QED) is 0.409. The minimum absolute atomic E-state index is 0.281. The number of aromatic nitrogens is 3. The minimum atomic E-state index is -3.48. The lowest BCUT2D eigenvalue weighted by molar-refractivity contribution is 0.198. The average molecular weight is 484 g/mol. The van der Waals surface area contributed by atoms with Crippen LogP contribution in [0, 0.1) is 0 Å². The lowest BCUT2D eigenvalue weighted by Gasteiger charge is -2.30. The van der Waals surface area contributed by atoms with Gasteiger partial charge in [0.2, 0.25) is 10.0 Å². The Morgan fingerprint density at radius 3 is 2.52 bits per heavy atom. The molecule has 2 aromatic heterocycles. The van der Waals surface area contributed by atoms with Crippen LogP contribution in [0.3, 0.4) is 0 Å². The molecule has 33 heavy (non-hydrogen) atoms. The summed E-state index contributed by atoms with van der Waals surface area (Å²) in [5.41, 5.74) is 2.82. The summed E-state index contributed by atoms with van der Waals surface area (Å²) in [5, 5.41) is 1.26. The van der Waals surface area contributed by atoms with Crippen molar-refractivity contribution in [2.45, 2.75) is 43.7 Å². The number of piperidine rings is 1. The summed E-state index contributed by atoms with van der Waals surface area (Å²) in [6.07, 6.45) is 2.19. The third-order valence-corrected chi connectivity index (χ3v) is 9.52. The van der Waals surface area contributed by atoms with Crippen LogP contribution in [0.1, 0.15) is 36.5 Å². The summed E-state index contributed by atoms with van der Waals surface area (Å²) in [6, 6.07) is 13.6. The number of hydrogen-bond donors (Lipinski definition) is 0. The molecule has 1 fully saturated rings. The highest BCUT2D eigenvalue weighted by molar-refractivity contribution is 7.89. The highest BCUT2D eigenvalue weighted by Crippen LogP contribution is 2.34. The summed E-state index contributed by atoms with van der Waals surface area (Å²) < 4.78 is 29.8. The number of likely N-dealkylation sites (tertiary alicyclic amines) is 1. The molecule has 1 aliphatic rings. The fourth-order valence-corrected chi connectivity index (χ4v) is 6.67. The Morgan fingerprint density at radius 1 is 1.06 bits per heavy atom. The first kappa shape index (κ1) is 22.5. The number of imidazole rings is 1. The second-order valence-corrected chi connectivity index (χ2v) is 12.0. The molecular weight excluding hydrogens is 454 g/mol. The molecule has 0 spiro atoms. The lowest BCUT2D eigenvalue weighted by Crippen LogP contribution is -2.33. The molecule has 0 aliphatic carbocycles. The fraction of sp³-hybridized carbons (Fsp3) is 0.417. The molecule has 0 saturated carbocycles. The number of benzene rings is 2. The van der Waals surface area contributed by atoms with Crippen LogP contribution in [0.5, 0.6) is 0 Å². The van der Waals surface area contributed by atoms with E-state index in [1.54, 1.807) is 26.2 Å². The van der Waals surface area contributed by atoms with E-state index in [-0.39, 0.29) is 4.90 Å². The molecule has 4 aromatic rings. The zero-order chi connectivity index (χ0) is 23.2. The molecule has 3 heterocycles. The van der Waals surface area contributed by atoms with Gasteiger partial charge < -0.3 is 4.57 Å². The molecule has 7 nitrogen and oxygen atoms in total. The monoisotopic (exact) mass is 483 g/mol. The Morgan fingerprint density at radius 2 is 1.82 bits per heavy atom. The van der Waals surface area contributed by atoms with Crippen LogP contribution in [0.2, 0.25) is 0 Å². The van der Waals surface area contributed by atoms with Gasteiger partial charge in [-0.2, -0.15) is 0 Å². The van der Waals surface area contributed by atoms with Gasteiger partial charge >= 0.3 is 0 Å². The largest absolute Gasteiger partial charge is 0.327 e. The van der Waals surface area contributed by atoms with Crippen LogP contribution in [0.25, 0.3) is 21.3 Å². The SMILES string of the molecule is CCn1c(CN2CCC(c3nc4ccccc4s3)CC2)nc2cc(S(=O)(=O)N(C)C)ccc21. The van der Waals surface area contributed by atoms with E-state index in [0.29, 0.717) is 5.92 Å². The minimum Gasteiger partial charge on any atom is -0.327 e. The predicted molar refractivity (Wildman–Crippen MR) is 133 cm³/mol. The van der Waals surface area contributed by atoms with Gasteiger partial charge in [0.1, 0.15) is 5.82 Å². The highest BCUT2D eigenvalue weighted by Gasteiger charge is 2.25. The van der Waals surface area contributed by atoms with E-state index in [1.165, 1.54) is 14.0 Å². The van der Waals surface area contributed by atoms with Crippen molar-refractivity contribution in [1.29, 1.82) is 0 Å². The van der Waals surface area contributed by atoms with Crippen LogP contribution in [-0.2, 0) is 23.1 Å². The Hall–Kier alpha value is -2.33. The van der Waals surface area contributed by atoms with Gasteiger partial charge in [-0.3, -0.25) is 4.90 Å². The van der Waals surface area contributed by atoms with Crippen LogP contribution in [-0.4, -0.2) is 59.3 Å². The van der Waals surface area contributed by atoms with Gasteiger partial charge in [0.25, 0.3) is 0 Å². The van der Waals surface area contributed by atoms with Gasteiger partial charge in [-0.25, -0.2) is 22.7 Å². The number of aryl methyl sites for hydroxylation is 1. The molecule has 0 N–H and O–H groups in total. The van der Waals surface area contributed by atoms with Gasteiger partial charge in [-0.15, -0.1) is 11.3 Å². The zero-order valence-corrected chi connectivity index (χ0v) is 20.9. The van der Waals surface area contributed by atoms with E-state index in [0.717, 1.165) is 61.4 Å². The van der Waals surface area contributed by atoms with Gasteiger partial charge in [0.05, 0.1) is 37.7 Å². The van der Waals surface area contributed by atoms with E-state index < -0.39 is 10.0 Å². The number of fused-ring (bicyclic) bond motifs is 2. The number of para-hydroxylation sites is 1. The summed E-state index contributed by atoms with van der Waals surface area (Å²) in [7, 11) is -0.381. The molecule has 0 radical (unpaired) electrons. The number of thiazole rings is 1. The van der Waals surface area contributed by atoms with Gasteiger partial charge in [-0.1, -0.05) is 12.1 Å². The molecule has 5 rings (SSSR count). The Balaban J connectivity index is 1.33. The maximum absolute atomic E-state index is 12.5. The maximum Gasteiger partial charge on any atom is 0.242 e. The number of rotatable bonds is 6. The van der Waals surface area contributed by atoms with Gasteiger partial charge in [0.15, 0.2) is 0 Å². The highest BCUT2D eigenvalue weighted by atomic mass is 32.2. The van der Waals surface area contributed by atoms with Crippen LogP contribution < -0.4 is 0 Å². The van der Waals surface area contributed by atoms with Crippen molar-refractivity contribution in [3.05, 3.63) is 53.3 Å². The third kappa shape index (κ3) is 4.19. The number of sulfonamides is 1. The van der Waals surface area contributed by atoms with Crippen molar-refractivity contribution in [3.8, 4) is 0 Å². The molecule has 2 aromatic carbocycles. The molecule has 9 heteroatoms. The predicted octanol–water partition coefficient (Wildman–Crippen LogP) is 4.30. The maximum atomic E-state index is 12.5. The van der Waals surface area contributed by atoms with Crippen LogP contribution in [0.15, 0.2) is 47.4 Å². The van der Waals surface area contributed by atoms with Crippen LogP contribution in [0.4, 0.5) is 0 Å². The summed E-state index contributed by atoms with van der Waals surface area (Å²) in [6.45, 7) is 5.69. The summed E-state index contributed by atoms with van der Waals surface area (Å²) in [5.74, 6) is 1.51. The molecule has 174 valence electrons. The van der Waals surface area contributed by atoms with Crippen molar-refractivity contribution in [2.75, 3.05) is 27.2 Å². The molecular formula is C24H29N5O2S2. The van der Waals surface area contributed by atoms with Crippen molar-refractivity contribution in [2.24, 2.45) is 0 Å². The van der Waals surface area contributed by atoms with E-state index >= 15 is 0 Å². The Kier molecular flexibility index (Phi) is 5.98. The van der Waals surface area contributed by atoms with Crippen molar-refractivity contribution in [1.82, 2.24) is 23.7 Å². The van der Waals surface area contributed by atoms with E-state index in [4.69, 9.17) is 9.97 Å². The van der Waals surface area contributed by atoms with Crippen LogP contribution >= 0.6 is 11.3 Å². The van der Waals surface area contributed by atoms with Crippen molar-refractivity contribution < 1.29 is 8.42 Å². The number of nitrogens with zero attached hydrogens (tertiary/aromatic N) is 5. The topological polar surface area (TPSA) is 71.3 Å². The molecule has 1 saturated heterocycles. The molecule has 0 unspecified atom stereocenters. The summed E-state index contributed by atoms with van der Waals surface area (Å²) >= 11 is 1.82. The molecule has 1 aliphatic heterocycles. The normalized spacial score (nSPS) is 16.4. The first-order valence-electron chi connectivity index (χ1n) is 11.4. The second-order valence-electron chi connectivity index (χ2n) is 8.78. The van der Waals surface area contributed by atoms with Gasteiger partial charge in [0, 0.05) is 26.6 Å². The Bertz CT molecular complexity index is 1370. The smallest absolute Gasteiger partial charge is 0.242 e. The molecule has 0 amide bonds. The molecule has 0 atom stereocenters. The van der Waals surface area contributed by atoms with E-state index in [1.807, 2.05) is 23.5 Å². The standard InChI is InChI=1S/C24H29N5O2S2/c1-4-29-21-10-9-18(33(30,31)27(2)3)15-20(21)25-23(29)16-28-13-11-17(12-14-28)24-26-19-7-5-6-8-22(19)32-24/h5-10,15,17H,4,11-14,16H2,1-3H3. The first-order chi connectivity index (χ1) is 15.9. The zero-order valence-electron chi connectivity index (χ0n) is 19.2. The van der Waals surface area contributed by atoms with E-state index in [9.17, 15) is 8.42 Å². The average Bonchev–Trinajstić information content (AvgIpc) is 3.39. The fourth-order valence-electron chi connectivity index (χ4n) is 4.61. The lowest BCUT2D eigenvalue weighted by atomic mass is 9.97. The first-order valence-corrected chi connectivity index (χ1v) is 13.6. The summed E-state index contributed by atoms with van der Waals surface area (Å²) in [4.78, 5) is 12.5. The Labute approximate surface area is 198 Å². The second kappa shape index (κ2) is 8.79. The third-order valence-electron chi connectivity index (χ3n) is 6.51. The number of hydrogen-bond acceptors (Lipinski definition) is 6.